The average Bonchev–Trinajstić information content (AvgIpc) is 2.38. The van der Waals surface area contributed by atoms with E-state index in [1.165, 1.54) is 11.1 Å². The first-order chi connectivity index (χ1) is 9.08. The fourth-order valence-corrected chi connectivity index (χ4v) is 2.93. The van der Waals surface area contributed by atoms with E-state index in [9.17, 15) is 0 Å². The minimum Gasteiger partial charge on any atom is -0.306 e. The van der Waals surface area contributed by atoms with Crippen molar-refractivity contribution in [2.45, 2.75) is 26.4 Å². The lowest BCUT2D eigenvalue weighted by Gasteiger charge is -2.16. The summed E-state index contributed by atoms with van der Waals surface area (Å²) in [5, 5.41) is 4.33. The van der Waals surface area contributed by atoms with E-state index >= 15 is 0 Å². The molecule has 0 spiro atoms. The summed E-state index contributed by atoms with van der Waals surface area (Å²) in [7, 11) is 0. The lowest BCUT2D eigenvalue weighted by molar-refractivity contribution is 0.573. The van der Waals surface area contributed by atoms with Crippen LogP contribution in [0.25, 0.3) is 0 Å². The maximum absolute atomic E-state index is 6.24. The van der Waals surface area contributed by atoms with Crippen LogP contribution >= 0.6 is 27.5 Å². The molecule has 100 valence electrons. The zero-order valence-electron chi connectivity index (χ0n) is 11.1. The van der Waals surface area contributed by atoms with Gasteiger partial charge in [-0.1, -0.05) is 57.9 Å². The number of hydrogen-bond donors (Lipinski definition) is 1. The van der Waals surface area contributed by atoms with E-state index in [0.29, 0.717) is 0 Å². The van der Waals surface area contributed by atoms with Crippen LogP contribution in [0, 0.1) is 6.92 Å². The molecule has 0 amide bonds. The van der Waals surface area contributed by atoms with Gasteiger partial charge in [-0.05, 0) is 42.7 Å². The molecule has 2 rings (SSSR count). The Hall–Kier alpha value is -0.830. The molecule has 0 saturated heterocycles. The Morgan fingerprint density at radius 3 is 2.63 bits per heavy atom. The molecule has 1 nitrogen and oxygen atoms in total. The molecule has 0 aliphatic heterocycles. The maximum Gasteiger partial charge on any atom is 0.0453 e. The van der Waals surface area contributed by atoms with Crippen molar-refractivity contribution in [1.82, 2.24) is 5.32 Å². The van der Waals surface area contributed by atoms with E-state index in [0.717, 1.165) is 21.6 Å². The summed E-state index contributed by atoms with van der Waals surface area (Å²) in [6.45, 7) is 4.97. The Balaban J connectivity index is 2.04. The summed E-state index contributed by atoms with van der Waals surface area (Å²) in [6, 6.07) is 14.7. The van der Waals surface area contributed by atoms with Crippen LogP contribution in [0.4, 0.5) is 0 Å². The molecule has 1 atom stereocenters. The average molecular weight is 339 g/mol. The highest BCUT2D eigenvalue weighted by molar-refractivity contribution is 9.10. The van der Waals surface area contributed by atoms with Gasteiger partial charge in [0.1, 0.15) is 0 Å². The molecule has 0 radical (unpaired) electrons. The Bertz CT molecular complexity index is 568. The molecule has 0 saturated carbocycles. The lowest BCUT2D eigenvalue weighted by Crippen LogP contribution is -2.18. The van der Waals surface area contributed by atoms with Crippen molar-refractivity contribution in [2.24, 2.45) is 0 Å². The molecular weight excluding hydrogens is 322 g/mol. The molecular formula is C16H17BrClN. The number of benzene rings is 2. The molecule has 0 aliphatic carbocycles. The Labute approximate surface area is 128 Å². The summed E-state index contributed by atoms with van der Waals surface area (Å²) in [5.74, 6) is 0. The molecule has 0 fully saturated rings. The van der Waals surface area contributed by atoms with E-state index < -0.39 is 0 Å². The number of rotatable bonds is 4. The van der Waals surface area contributed by atoms with E-state index in [2.05, 4.69) is 58.5 Å². The Morgan fingerprint density at radius 1 is 1.21 bits per heavy atom. The molecule has 19 heavy (non-hydrogen) atoms. The van der Waals surface area contributed by atoms with Gasteiger partial charge in [0.05, 0.1) is 0 Å². The van der Waals surface area contributed by atoms with Crippen LogP contribution in [-0.4, -0.2) is 0 Å². The quantitative estimate of drug-likeness (QED) is 0.801. The second kappa shape index (κ2) is 6.56. The molecule has 2 aromatic rings. The van der Waals surface area contributed by atoms with Gasteiger partial charge in [0.25, 0.3) is 0 Å². The summed E-state index contributed by atoms with van der Waals surface area (Å²) in [5.41, 5.74) is 3.57. The van der Waals surface area contributed by atoms with Gasteiger partial charge in [-0.25, -0.2) is 0 Å². The minimum atomic E-state index is 0.271. The van der Waals surface area contributed by atoms with Gasteiger partial charge < -0.3 is 5.32 Å². The molecule has 0 aliphatic rings. The van der Waals surface area contributed by atoms with Crippen LogP contribution in [0.1, 0.15) is 29.7 Å². The normalized spacial score (nSPS) is 12.4. The number of halogens is 2. The highest BCUT2D eigenvalue weighted by atomic mass is 79.9. The summed E-state index contributed by atoms with van der Waals surface area (Å²) in [6.07, 6.45) is 0. The fourth-order valence-electron chi connectivity index (χ4n) is 1.99. The van der Waals surface area contributed by atoms with Crippen molar-refractivity contribution in [1.29, 1.82) is 0 Å². The second-order valence-corrected chi connectivity index (χ2v) is 5.98. The third-order valence-corrected chi connectivity index (χ3v) is 4.25. The summed E-state index contributed by atoms with van der Waals surface area (Å²) < 4.78 is 1.13. The number of aryl methyl sites for hydroxylation is 1. The van der Waals surface area contributed by atoms with Gasteiger partial charge >= 0.3 is 0 Å². The van der Waals surface area contributed by atoms with Crippen LogP contribution in [0.5, 0.6) is 0 Å². The highest BCUT2D eigenvalue weighted by Crippen LogP contribution is 2.24. The molecule has 1 N–H and O–H groups in total. The first kappa shape index (κ1) is 14.6. The van der Waals surface area contributed by atoms with Crippen molar-refractivity contribution >= 4 is 27.5 Å². The summed E-state index contributed by atoms with van der Waals surface area (Å²) >= 11 is 9.82. The highest BCUT2D eigenvalue weighted by Gasteiger charge is 2.09. The molecule has 0 heterocycles. The predicted octanol–water partition coefficient (Wildman–Crippen LogP) is 5.26. The molecule has 0 unspecified atom stereocenters. The largest absolute Gasteiger partial charge is 0.306 e. The van der Waals surface area contributed by atoms with Gasteiger partial charge in [-0.2, -0.15) is 0 Å². The zero-order valence-corrected chi connectivity index (χ0v) is 13.4. The topological polar surface area (TPSA) is 12.0 Å². The summed E-state index contributed by atoms with van der Waals surface area (Å²) in [4.78, 5) is 0. The van der Waals surface area contributed by atoms with Crippen molar-refractivity contribution < 1.29 is 0 Å². The predicted molar refractivity (Wildman–Crippen MR) is 85.6 cm³/mol. The fraction of sp³-hybridized carbons (Fsp3) is 0.250. The number of nitrogens with one attached hydrogen (secondary N) is 1. The first-order valence-corrected chi connectivity index (χ1v) is 7.48. The van der Waals surface area contributed by atoms with Gasteiger partial charge in [-0.3, -0.25) is 0 Å². The molecule has 0 bridgehead atoms. The van der Waals surface area contributed by atoms with Gasteiger partial charge in [-0.15, -0.1) is 0 Å². The van der Waals surface area contributed by atoms with Crippen molar-refractivity contribution in [3.8, 4) is 0 Å². The van der Waals surface area contributed by atoms with Gasteiger partial charge in [0.15, 0.2) is 0 Å². The third-order valence-electron chi connectivity index (χ3n) is 3.18. The Kier molecular flexibility index (Phi) is 5.03. The van der Waals surface area contributed by atoms with Gasteiger partial charge in [0, 0.05) is 22.1 Å². The zero-order chi connectivity index (χ0) is 13.8. The van der Waals surface area contributed by atoms with Crippen molar-refractivity contribution in [2.75, 3.05) is 0 Å². The van der Waals surface area contributed by atoms with Crippen LogP contribution in [-0.2, 0) is 6.54 Å². The third kappa shape index (κ3) is 3.82. The standard InChI is InChI=1S/C16H17BrClN/c1-11-7-8-13(16(18)9-11)10-19-12(2)14-5-3-4-6-15(14)17/h3-9,12,19H,10H2,1-2H3/t12-/m0/s1. The minimum absolute atomic E-state index is 0.271. The monoisotopic (exact) mass is 337 g/mol. The van der Waals surface area contributed by atoms with Crippen molar-refractivity contribution in [3.63, 3.8) is 0 Å². The van der Waals surface area contributed by atoms with E-state index in [1.54, 1.807) is 0 Å². The molecule has 2 aromatic carbocycles. The number of hydrogen-bond acceptors (Lipinski definition) is 1. The molecule has 3 heteroatoms. The maximum atomic E-state index is 6.24. The first-order valence-electron chi connectivity index (χ1n) is 6.31. The van der Waals surface area contributed by atoms with Crippen LogP contribution in [0.2, 0.25) is 5.02 Å². The smallest absolute Gasteiger partial charge is 0.0453 e. The van der Waals surface area contributed by atoms with Crippen molar-refractivity contribution in [3.05, 3.63) is 68.7 Å². The second-order valence-electron chi connectivity index (χ2n) is 4.72. The van der Waals surface area contributed by atoms with Crippen LogP contribution in [0.15, 0.2) is 46.9 Å². The molecule has 0 aromatic heterocycles. The van der Waals surface area contributed by atoms with Crippen LogP contribution in [0.3, 0.4) is 0 Å². The van der Waals surface area contributed by atoms with E-state index in [-0.39, 0.29) is 6.04 Å². The van der Waals surface area contributed by atoms with E-state index in [4.69, 9.17) is 11.6 Å². The van der Waals surface area contributed by atoms with E-state index in [1.807, 2.05) is 19.1 Å². The van der Waals surface area contributed by atoms with Gasteiger partial charge in [0.2, 0.25) is 0 Å². The lowest BCUT2D eigenvalue weighted by atomic mass is 10.1. The SMILES string of the molecule is Cc1ccc(CN[C@@H](C)c2ccccc2Br)c(Cl)c1. The Morgan fingerprint density at radius 2 is 1.95 bits per heavy atom. The van der Waals surface area contributed by atoms with Crippen LogP contribution < -0.4 is 5.32 Å².